The molecule has 0 bridgehead atoms. The molecule has 0 aliphatic rings. The minimum Gasteiger partial charge on any atom is -0.491 e. The fourth-order valence-corrected chi connectivity index (χ4v) is 2.18. The summed E-state index contributed by atoms with van der Waals surface area (Å²) in [5, 5.41) is 0. The average molecular weight is 465 g/mol. The van der Waals surface area contributed by atoms with Crippen LogP contribution in [0.1, 0.15) is 27.2 Å². The van der Waals surface area contributed by atoms with Crippen molar-refractivity contribution >= 4 is 0 Å². The number of ether oxygens (including phenoxy) is 2. The summed E-state index contributed by atoms with van der Waals surface area (Å²) >= 11 is 0. The second-order valence-corrected chi connectivity index (χ2v) is 7.10. The van der Waals surface area contributed by atoms with E-state index in [9.17, 15) is 17.6 Å². The molecule has 0 aromatic heterocycles. The van der Waals surface area contributed by atoms with E-state index in [1.54, 1.807) is 27.0 Å². The first kappa shape index (κ1) is 29.9. The Balaban J connectivity index is 5.46. The third-order valence-corrected chi connectivity index (χ3v) is 4.64. The second kappa shape index (κ2) is 14.1. The van der Waals surface area contributed by atoms with Crippen LogP contribution in [-0.2, 0) is 9.47 Å². The van der Waals surface area contributed by atoms with Crippen LogP contribution in [0.15, 0.2) is 120 Å². The van der Waals surface area contributed by atoms with Gasteiger partial charge in [-0.2, -0.15) is 4.39 Å². The molecule has 0 aliphatic heterocycles. The lowest BCUT2D eigenvalue weighted by molar-refractivity contribution is 0.121. The van der Waals surface area contributed by atoms with E-state index in [-0.39, 0.29) is 40.6 Å². The largest absolute Gasteiger partial charge is 0.491 e. The van der Waals surface area contributed by atoms with E-state index < -0.39 is 29.1 Å². The SMILES string of the molecule is C=C(/C=C\C(=C)C(=C)/C(F)=C(/F)C(=C)/C(C)=C/CC(C)OC)C(=C)/C(F)=C(/F)C(=C)OCC. The molecule has 6 heteroatoms. The standard InChI is InChI=1S/C27H32F4O2/c1-11-33-23(9)27(31)26(30)22(8)17(3)13-12-16(2)20(6)24(28)25(29)21(7)18(4)14-15-19(5)32-10/h12-14,19H,2-3,6-9,11,15H2,1,4-5,10H3/b13-12-,18-14+,25-24-,27-26-. The van der Waals surface area contributed by atoms with Gasteiger partial charge in [-0.1, -0.05) is 57.7 Å². The van der Waals surface area contributed by atoms with E-state index in [4.69, 9.17) is 9.47 Å². The predicted octanol–water partition coefficient (Wildman–Crippen LogP) is 8.55. The number of allylic oxidation sites excluding steroid dienone is 12. The third kappa shape index (κ3) is 9.10. The van der Waals surface area contributed by atoms with Crippen molar-refractivity contribution in [2.24, 2.45) is 0 Å². The van der Waals surface area contributed by atoms with Crippen LogP contribution in [0.3, 0.4) is 0 Å². The van der Waals surface area contributed by atoms with Gasteiger partial charge in [0.05, 0.1) is 12.7 Å². The molecule has 0 fully saturated rings. The Hall–Kier alpha value is -3.12. The molecule has 2 nitrogen and oxygen atoms in total. The summed E-state index contributed by atoms with van der Waals surface area (Å²) < 4.78 is 67.3. The first-order valence-corrected chi connectivity index (χ1v) is 10.1. The molecule has 0 saturated carbocycles. The van der Waals surface area contributed by atoms with Crippen molar-refractivity contribution in [1.82, 2.24) is 0 Å². The van der Waals surface area contributed by atoms with Gasteiger partial charge in [-0.05, 0) is 43.9 Å². The van der Waals surface area contributed by atoms with Gasteiger partial charge in [0.25, 0.3) is 0 Å². The minimum absolute atomic E-state index is 0.0115. The monoisotopic (exact) mass is 464 g/mol. The summed E-state index contributed by atoms with van der Waals surface area (Å²) in [7, 11) is 1.55. The lowest BCUT2D eigenvalue weighted by Crippen LogP contribution is -2.02. The van der Waals surface area contributed by atoms with Gasteiger partial charge in [0.1, 0.15) is 0 Å². The Kier molecular flexibility index (Phi) is 12.8. The first-order chi connectivity index (χ1) is 15.3. The molecule has 0 rings (SSSR count). The van der Waals surface area contributed by atoms with Crippen LogP contribution in [0, 0.1) is 0 Å². The van der Waals surface area contributed by atoms with Gasteiger partial charge in [0, 0.05) is 23.8 Å². The Morgan fingerprint density at radius 3 is 1.64 bits per heavy atom. The van der Waals surface area contributed by atoms with Gasteiger partial charge in [0.15, 0.2) is 23.2 Å². The molecule has 0 N–H and O–H groups in total. The van der Waals surface area contributed by atoms with E-state index in [2.05, 4.69) is 39.5 Å². The van der Waals surface area contributed by atoms with Crippen molar-refractivity contribution in [2.45, 2.75) is 33.3 Å². The van der Waals surface area contributed by atoms with Crippen LogP contribution < -0.4 is 0 Å². The van der Waals surface area contributed by atoms with E-state index in [1.807, 2.05) is 6.92 Å². The zero-order valence-corrected chi connectivity index (χ0v) is 19.8. The Morgan fingerprint density at radius 1 is 0.788 bits per heavy atom. The van der Waals surface area contributed by atoms with E-state index in [0.717, 1.165) is 0 Å². The van der Waals surface area contributed by atoms with Gasteiger partial charge in [-0.25, -0.2) is 13.2 Å². The number of methoxy groups -OCH3 is 1. The van der Waals surface area contributed by atoms with Gasteiger partial charge in [0.2, 0.25) is 5.83 Å². The summed E-state index contributed by atoms with van der Waals surface area (Å²) in [6.07, 6.45) is 4.57. The highest BCUT2D eigenvalue weighted by atomic mass is 19.2. The van der Waals surface area contributed by atoms with Crippen molar-refractivity contribution in [1.29, 1.82) is 0 Å². The second-order valence-electron chi connectivity index (χ2n) is 7.10. The first-order valence-electron chi connectivity index (χ1n) is 10.1. The van der Waals surface area contributed by atoms with E-state index in [1.165, 1.54) is 12.2 Å². The third-order valence-electron chi connectivity index (χ3n) is 4.64. The highest BCUT2D eigenvalue weighted by molar-refractivity contribution is 5.55. The maximum Gasteiger partial charge on any atom is 0.200 e. The van der Waals surface area contributed by atoms with Crippen LogP contribution in [0.25, 0.3) is 0 Å². The molecule has 0 aromatic carbocycles. The summed E-state index contributed by atoms with van der Waals surface area (Å²) in [5.74, 6) is -5.50. The summed E-state index contributed by atoms with van der Waals surface area (Å²) in [6.45, 7) is 26.2. The van der Waals surface area contributed by atoms with Crippen LogP contribution in [0.4, 0.5) is 17.6 Å². The lowest BCUT2D eigenvalue weighted by Gasteiger charge is -2.10. The molecule has 0 spiro atoms. The van der Waals surface area contributed by atoms with E-state index >= 15 is 0 Å². The normalized spacial score (nSPS) is 14.2. The molecule has 0 aromatic rings. The zero-order valence-electron chi connectivity index (χ0n) is 19.8. The van der Waals surface area contributed by atoms with Crippen molar-refractivity contribution in [3.8, 4) is 0 Å². The van der Waals surface area contributed by atoms with Crippen LogP contribution in [-0.4, -0.2) is 19.8 Å². The smallest absolute Gasteiger partial charge is 0.200 e. The molecule has 0 heterocycles. The molecular formula is C27H32F4O2. The number of hydrogen-bond donors (Lipinski definition) is 0. The van der Waals surface area contributed by atoms with Crippen molar-refractivity contribution in [3.05, 3.63) is 120 Å². The quantitative estimate of drug-likeness (QED) is 0.146. The Bertz CT molecular complexity index is 959. The van der Waals surface area contributed by atoms with Crippen molar-refractivity contribution in [2.75, 3.05) is 13.7 Å². The molecule has 0 aliphatic carbocycles. The molecule has 0 radical (unpaired) electrons. The zero-order chi connectivity index (χ0) is 25.9. The molecule has 33 heavy (non-hydrogen) atoms. The van der Waals surface area contributed by atoms with Gasteiger partial charge < -0.3 is 9.47 Å². The maximum atomic E-state index is 14.6. The average Bonchev–Trinajstić information content (AvgIpc) is 2.81. The summed E-state index contributed by atoms with van der Waals surface area (Å²) in [5.41, 5.74) is -0.436. The fourth-order valence-electron chi connectivity index (χ4n) is 2.18. The van der Waals surface area contributed by atoms with Crippen molar-refractivity contribution < 1.29 is 27.0 Å². The molecule has 1 atom stereocenters. The van der Waals surface area contributed by atoms with Crippen molar-refractivity contribution in [3.63, 3.8) is 0 Å². The maximum absolute atomic E-state index is 14.6. The summed E-state index contributed by atoms with van der Waals surface area (Å²) in [4.78, 5) is 0. The topological polar surface area (TPSA) is 18.5 Å². The van der Waals surface area contributed by atoms with Gasteiger partial charge >= 0.3 is 0 Å². The van der Waals surface area contributed by atoms with Crippen LogP contribution in [0.2, 0.25) is 0 Å². The number of hydrogen-bond acceptors (Lipinski definition) is 2. The van der Waals surface area contributed by atoms with E-state index in [0.29, 0.717) is 12.0 Å². The van der Waals surface area contributed by atoms with Crippen LogP contribution >= 0.6 is 0 Å². The summed E-state index contributed by atoms with van der Waals surface area (Å²) in [6, 6.07) is 0. The molecule has 180 valence electrons. The number of rotatable bonds is 14. The molecular weight excluding hydrogens is 432 g/mol. The molecule has 0 saturated heterocycles. The van der Waals surface area contributed by atoms with Gasteiger partial charge in [-0.15, -0.1) is 0 Å². The minimum atomic E-state index is -1.31. The molecule has 0 amide bonds. The Labute approximate surface area is 194 Å². The molecule has 1 unspecified atom stereocenters. The fraction of sp³-hybridized carbons (Fsp3) is 0.259. The highest BCUT2D eigenvalue weighted by Gasteiger charge is 2.17. The Morgan fingerprint density at radius 2 is 1.21 bits per heavy atom. The number of halogens is 4. The highest BCUT2D eigenvalue weighted by Crippen LogP contribution is 2.31. The lowest BCUT2D eigenvalue weighted by atomic mass is 10.0. The predicted molar refractivity (Wildman–Crippen MR) is 129 cm³/mol. The van der Waals surface area contributed by atoms with Crippen LogP contribution in [0.5, 0.6) is 0 Å². The van der Waals surface area contributed by atoms with Gasteiger partial charge in [-0.3, -0.25) is 0 Å².